The molecule has 2 amide bonds. The molecule has 0 saturated carbocycles. The van der Waals surface area contributed by atoms with Gasteiger partial charge in [0.1, 0.15) is 17.2 Å². The first-order valence-electron chi connectivity index (χ1n) is 11.5. The van der Waals surface area contributed by atoms with Crippen LogP contribution in [-0.2, 0) is 25.4 Å². The molecule has 0 bridgehead atoms. The van der Waals surface area contributed by atoms with E-state index in [0.717, 1.165) is 32.0 Å². The van der Waals surface area contributed by atoms with Crippen molar-refractivity contribution in [3.63, 3.8) is 0 Å². The Hall–Kier alpha value is -3.61. The molecule has 0 fully saturated rings. The fourth-order valence-corrected chi connectivity index (χ4v) is 3.88. The SMILES string of the molecule is COC(=O)C(Cc1cc2ccccc2c2ccccc12)N(C(=O)OC(C)(C)C)C(=O)OC(C)(C)C. The number of hydrogen-bond donors (Lipinski definition) is 0. The highest BCUT2D eigenvalue weighted by atomic mass is 16.6. The summed E-state index contributed by atoms with van der Waals surface area (Å²) >= 11 is 0. The van der Waals surface area contributed by atoms with Gasteiger partial charge in [-0.3, -0.25) is 0 Å². The average Bonchev–Trinajstić information content (AvgIpc) is 2.75. The van der Waals surface area contributed by atoms with Crippen LogP contribution in [0.2, 0.25) is 0 Å². The zero-order chi connectivity index (χ0) is 26.0. The van der Waals surface area contributed by atoms with Gasteiger partial charge in [0.25, 0.3) is 0 Å². The number of nitrogens with zero attached hydrogens (tertiary/aromatic N) is 1. The first kappa shape index (κ1) is 26.0. The van der Waals surface area contributed by atoms with Crippen molar-refractivity contribution in [1.82, 2.24) is 4.90 Å². The molecule has 186 valence electrons. The molecule has 3 aromatic carbocycles. The van der Waals surface area contributed by atoms with Crippen molar-refractivity contribution in [3.8, 4) is 0 Å². The number of rotatable bonds is 4. The molecule has 0 aliphatic rings. The number of ether oxygens (including phenoxy) is 3. The Labute approximate surface area is 205 Å². The lowest BCUT2D eigenvalue weighted by Crippen LogP contribution is -2.53. The maximum Gasteiger partial charge on any atom is 0.420 e. The summed E-state index contributed by atoms with van der Waals surface area (Å²) in [5.41, 5.74) is -1.01. The van der Waals surface area contributed by atoms with Gasteiger partial charge < -0.3 is 14.2 Å². The molecule has 7 heteroatoms. The van der Waals surface area contributed by atoms with Crippen LogP contribution in [0.1, 0.15) is 47.1 Å². The van der Waals surface area contributed by atoms with Crippen molar-refractivity contribution in [1.29, 1.82) is 0 Å². The standard InChI is InChI=1S/C28H33NO6/c1-27(2,3)34-25(31)29(26(32)35-28(4,5)6)23(24(30)33-7)17-19-16-18-12-8-9-13-20(18)22-15-11-10-14-21(19)22/h8-16,23H,17H2,1-7H3. The van der Waals surface area contributed by atoms with Gasteiger partial charge in [-0.25, -0.2) is 14.4 Å². The number of esters is 1. The molecule has 0 aliphatic heterocycles. The van der Waals surface area contributed by atoms with Gasteiger partial charge in [0, 0.05) is 6.42 Å². The molecule has 35 heavy (non-hydrogen) atoms. The highest BCUT2D eigenvalue weighted by molar-refractivity contribution is 6.09. The molecule has 0 N–H and O–H groups in total. The molecule has 0 aliphatic carbocycles. The third-order valence-corrected chi connectivity index (χ3v) is 5.23. The van der Waals surface area contributed by atoms with Crippen molar-refractivity contribution in [3.05, 3.63) is 60.2 Å². The number of carbonyl (C=O) groups is 3. The minimum atomic E-state index is -1.30. The van der Waals surface area contributed by atoms with Gasteiger partial charge in [-0.05, 0) is 68.7 Å². The Morgan fingerprint density at radius 2 is 1.26 bits per heavy atom. The van der Waals surface area contributed by atoms with E-state index >= 15 is 0 Å². The largest absolute Gasteiger partial charge is 0.467 e. The first-order valence-corrected chi connectivity index (χ1v) is 11.5. The van der Waals surface area contributed by atoms with Crippen LogP contribution in [0.25, 0.3) is 21.5 Å². The molecule has 1 atom stereocenters. The van der Waals surface area contributed by atoms with Gasteiger partial charge in [-0.15, -0.1) is 0 Å². The monoisotopic (exact) mass is 479 g/mol. The Balaban J connectivity index is 2.15. The van der Waals surface area contributed by atoms with E-state index in [1.807, 2.05) is 54.6 Å². The minimum absolute atomic E-state index is 0.0243. The summed E-state index contributed by atoms with van der Waals surface area (Å²) in [6.07, 6.45) is -1.93. The first-order chi connectivity index (χ1) is 16.3. The maximum absolute atomic E-state index is 13.2. The predicted molar refractivity (Wildman–Crippen MR) is 135 cm³/mol. The van der Waals surface area contributed by atoms with Crippen LogP contribution < -0.4 is 0 Å². The second-order valence-corrected chi connectivity index (χ2v) is 10.4. The van der Waals surface area contributed by atoms with Crippen molar-refractivity contribution in [2.24, 2.45) is 0 Å². The normalized spacial score (nSPS) is 12.8. The smallest absolute Gasteiger partial charge is 0.420 e. The highest BCUT2D eigenvalue weighted by Gasteiger charge is 2.41. The molecule has 3 aromatic rings. The summed E-state index contributed by atoms with van der Waals surface area (Å²) in [6, 6.07) is 16.4. The van der Waals surface area contributed by atoms with Gasteiger partial charge in [0.15, 0.2) is 0 Å². The van der Waals surface area contributed by atoms with Crippen molar-refractivity contribution >= 4 is 39.7 Å². The zero-order valence-corrected chi connectivity index (χ0v) is 21.4. The lowest BCUT2D eigenvalue weighted by Gasteiger charge is -2.32. The summed E-state index contributed by atoms with van der Waals surface area (Å²) in [5.74, 6) is -0.751. The Bertz CT molecular complexity index is 1220. The van der Waals surface area contributed by atoms with Crippen LogP contribution in [0.3, 0.4) is 0 Å². The zero-order valence-electron chi connectivity index (χ0n) is 21.4. The molecule has 3 rings (SSSR count). The topological polar surface area (TPSA) is 82.1 Å². The predicted octanol–water partition coefficient (Wildman–Crippen LogP) is 6.25. The van der Waals surface area contributed by atoms with Crippen molar-refractivity contribution in [2.75, 3.05) is 7.11 Å². The number of amides is 2. The van der Waals surface area contributed by atoms with Crippen LogP contribution in [0, 0.1) is 0 Å². The number of carbonyl (C=O) groups excluding carboxylic acids is 3. The summed E-state index contributed by atoms with van der Waals surface area (Å²) in [7, 11) is 1.22. The van der Waals surface area contributed by atoms with E-state index in [2.05, 4.69) is 0 Å². The van der Waals surface area contributed by atoms with Gasteiger partial charge >= 0.3 is 18.2 Å². The van der Waals surface area contributed by atoms with Gasteiger partial charge in [-0.1, -0.05) is 54.6 Å². The molecule has 0 spiro atoms. The Kier molecular flexibility index (Phi) is 7.38. The average molecular weight is 480 g/mol. The second-order valence-electron chi connectivity index (χ2n) is 10.4. The van der Waals surface area contributed by atoms with E-state index in [9.17, 15) is 14.4 Å². The van der Waals surface area contributed by atoms with E-state index < -0.39 is 35.4 Å². The maximum atomic E-state index is 13.2. The van der Waals surface area contributed by atoms with E-state index in [0.29, 0.717) is 0 Å². The molecule has 1 unspecified atom stereocenters. The molecule has 0 saturated heterocycles. The number of fused-ring (bicyclic) bond motifs is 3. The highest BCUT2D eigenvalue weighted by Crippen LogP contribution is 2.30. The number of methoxy groups -OCH3 is 1. The number of imide groups is 1. The van der Waals surface area contributed by atoms with E-state index in [1.165, 1.54) is 7.11 Å². The molecule has 7 nitrogen and oxygen atoms in total. The second kappa shape index (κ2) is 9.94. The van der Waals surface area contributed by atoms with Gasteiger partial charge in [-0.2, -0.15) is 4.90 Å². The van der Waals surface area contributed by atoms with Crippen molar-refractivity contribution in [2.45, 2.75) is 65.2 Å². The quantitative estimate of drug-likeness (QED) is 0.250. The Morgan fingerprint density at radius 1 is 0.771 bits per heavy atom. The lowest BCUT2D eigenvalue weighted by molar-refractivity contribution is -0.146. The lowest BCUT2D eigenvalue weighted by atomic mass is 9.93. The van der Waals surface area contributed by atoms with Gasteiger partial charge in [0.05, 0.1) is 7.11 Å². The molecule has 0 radical (unpaired) electrons. The fraction of sp³-hybridized carbons (Fsp3) is 0.393. The van der Waals surface area contributed by atoms with E-state index in [1.54, 1.807) is 41.5 Å². The summed E-state index contributed by atoms with van der Waals surface area (Å²) < 4.78 is 16.0. The molecule has 0 aromatic heterocycles. The summed E-state index contributed by atoms with van der Waals surface area (Å²) in [4.78, 5) is 40.2. The number of hydrogen-bond acceptors (Lipinski definition) is 6. The third-order valence-electron chi connectivity index (χ3n) is 5.23. The van der Waals surface area contributed by atoms with E-state index in [4.69, 9.17) is 14.2 Å². The fourth-order valence-electron chi connectivity index (χ4n) is 3.88. The van der Waals surface area contributed by atoms with Crippen LogP contribution in [0.4, 0.5) is 9.59 Å². The summed E-state index contributed by atoms with van der Waals surface area (Å²) in [5, 5.41) is 3.96. The van der Waals surface area contributed by atoms with Crippen LogP contribution in [0.5, 0.6) is 0 Å². The third kappa shape index (κ3) is 6.29. The van der Waals surface area contributed by atoms with Crippen LogP contribution in [-0.4, -0.2) is 47.4 Å². The Morgan fingerprint density at radius 3 is 1.77 bits per heavy atom. The molecular weight excluding hydrogens is 446 g/mol. The van der Waals surface area contributed by atoms with Gasteiger partial charge in [0.2, 0.25) is 0 Å². The van der Waals surface area contributed by atoms with Crippen LogP contribution in [0.15, 0.2) is 54.6 Å². The molecular formula is C28H33NO6. The minimum Gasteiger partial charge on any atom is -0.467 e. The van der Waals surface area contributed by atoms with Crippen molar-refractivity contribution < 1.29 is 28.6 Å². The summed E-state index contributed by atoms with van der Waals surface area (Å²) in [6.45, 7) is 10.1. The number of benzene rings is 3. The molecule has 0 heterocycles. The van der Waals surface area contributed by atoms with Crippen LogP contribution >= 0.6 is 0 Å². The van der Waals surface area contributed by atoms with E-state index in [-0.39, 0.29) is 6.42 Å².